The van der Waals surface area contributed by atoms with Gasteiger partial charge in [-0.3, -0.25) is 0 Å². The van der Waals surface area contributed by atoms with Crippen molar-refractivity contribution in [3.05, 3.63) is 17.7 Å². The van der Waals surface area contributed by atoms with Gasteiger partial charge >= 0.3 is 92.7 Å². The molecule has 2 N–H and O–H groups in total. The summed E-state index contributed by atoms with van der Waals surface area (Å²) in [5.74, 6) is -0.900. The molecule has 2 rings (SSSR count). The van der Waals surface area contributed by atoms with Crippen LogP contribution in [0, 0.1) is 17.4 Å². The number of nitrogens with two attached hydrogens (primary N) is 1. The van der Waals surface area contributed by atoms with E-state index in [1.54, 1.807) is 0 Å². The molecule has 1 aromatic heterocycles. The Morgan fingerprint density at radius 2 is 2.31 bits per heavy atom. The number of aromatic nitrogens is 1. The topological polar surface area (TPSA) is 65.2 Å². The molecule has 1 heterocycles. The van der Waals surface area contributed by atoms with E-state index in [1.165, 1.54) is 0 Å². The van der Waals surface area contributed by atoms with Crippen molar-refractivity contribution in [3.63, 3.8) is 0 Å². The van der Waals surface area contributed by atoms with Gasteiger partial charge in [-0.1, -0.05) is 0 Å². The Balaban J connectivity index is 2.78. The molecule has 0 bridgehead atoms. The molecule has 2 aromatic rings. The molecule has 0 unspecified atom stereocenters. The SMILES string of the molecule is Nc1nc2c(OC#P=O)c(F)c(F)cc2s1. The fourth-order valence-corrected chi connectivity index (χ4v) is 2.05. The standard InChI is InChI=1S/C8H3F2N2O2PS/c9-3-1-4-6(12-8(11)16-4)7(5(3)10)14-2-15-13/h1H,(H2,11,12). The van der Waals surface area contributed by atoms with E-state index < -0.39 is 25.3 Å². The molecule has 8 heteroatoms. The summed E-state index contributed by atoms with van der Waals surface area (Å²) in [6.07, 6.45) is 0. The Labute approximate surface area is 93.2 Å². The van der Waals surface area contributed by atoms with E-state index in [0.29, 0.717) is 4.70 Å². The molecule has 0 radical (unpaired) electrons. The molecule has 0 aliphatic rings. The van der Waals surface area contributed by atoms with E-state index in [2.05, 4.69) is 9.72 Å². The first-order valence-electron chi connectivity index (χ1n) is 3.91. The van der Waals surface area contributed by atoms with E-state index in [9.17, 15) is 13.3 Å². The summed E-state index contributed by atoms with van der Waals surface area (Å²) < 4.78 is 41.5. The molecule has 16 heavy (non-hydrogen) atoms. The van der Waals surface area contributed by atoms with Crippen LogP contribution in [-0.2, 0) is 4.57 Å². The Hall–Kier alpha value is -1.42. The number of nitrogen functional groups attached to an aromatic ring is 1. The van der Waals surface area contributed by atoms with Gasteiger partial charge in [-0.25, -0.2) is 0 Å². The number of fused-ring (bicyclic) bond motifs is 1. The maximum atomic E-state index is 13.3. The average molecular weight is 260 g/mol. The molecule has 0 aliphatic carbocycles. The number of nitrogens with zero attached hydrogens (tertiary/aromatic N) is 1. The van der Waals surface area contributed by atoms with E-state index in [-0.39, 0.29) is 10.6 Å². The monoisotopic (exact) mass is 260 g/mol. The van der Waals surface area contributed by atoms with Gasteiger partial charge in [0.15, 0.2) is 0 Å². The Morgan fingerprint density at radius 1 is 1.56 bits per heavy atom. The maximum absolute atomic E-state index is 13.3. The predicted octanol–water partition coefficient (Wildman–Crippen LogP) is 2.74. The number of anilines is 1. The number of hydrogen-bond acceptors (Lipinski definition) is 5. The molecule has 1 aromatic carbocycles. The normalized spacial score (nSPS) is 10.1. The van der Waals surface area contributed by atoms with E-state index in [0.717, 1.165) is 17.4 Å². The fourth-order valence-electron chi connectivity index (χ4n) is 1.16. The summed E-state index contributed by atoms with van der Waals surface area (Å²) in [7, 11) is -0.577. The third kappa shape index (κ3) is 1.80. The van der Waals surface area contributed by atoms with Crippen molar-refractivity contribution in [2.75, 3.05) is 5.73 Å². The minimum absolute atomic E-state index is 0.0811. The van der Waals surface area contributed by atoms with Gasteiger partial charge in [-0.2, -0.15) is 0 Å². The third-order valence-electron chi connectivity index (χ3n) is 1.74. The van der Waals surface area contributed by atoms with Crippen molar-refractivity contribution < 1.29 is 18.1 Å². The van der Waals surface area contributed by atoms with Crippen LogP contribution in [0.2, 0.25) is 0 Å². The zero-order valence-electron chi connectivity index (χ0n) is 7.53. The summed E-state index contributed by atoms with van der Waals surface area (Å²) >= 11 is 0.994. The van der Waals surface area contributed by atoms with Crippen LogP contribution < -0.4 is 10.5 Å². The first-order valence-corrected chi connectivity index (χ1v) is 5.54. The van der Waals surface area contributed by atoms with Gasteiger partial charge in [-0.05, 0) is 0 Å². The second kappa shape index (κ2) is 4.22. The Bertz CT molecular complexity index is 667. The van der Waals surface area contributed by atoms with Gasteiger partial charge in [-0.15, -0.1) is 0 Å². The summed E-state index contributed by atoms with van der Waals surface area (Å²) in [5.41, 5.74) is 5.49. The quantitative estimate of drug-likeness (QED) is 0.800. The number of hydrogen-bond donors (Lipinski definition) is 1. The Morgan fingerprint density at radius 3 is 3.00 bits per heavy atom. The van der Waals surface area contributed by atoms with Gasteiger partial charge < -0.3 is 0 Å². The first kappa shape index (κ1) is 11.1. The molecular weight excluding hydrogens is 257 g/mol. The number of halogens is 2. The summed E-state index contributed by atoms with van der Waals surface area (Å²) in [6.45, 7) is 0. The van der Waals surface area contributed by atoms with Crippen molar-refractivity contribution in [2.24, 2.45) is 0 Å². The van der Waals surface area contributed by atoms with Crippen LogP contribution in [0.15, 0.2) is 6.07 Å². The molecule has 0 saturated heterocycles. The van der Waals surface area contributed by atoms with E-state index >= 15 is 0 Å². The molecule has 0 amide bonds. The molecular formula is C8H3F2N2O2PS. The summed E-state index contributed by atoms with van der Waals surface area (Å²) in [6, 6.07) is 0.973. The van der Waals surface area contributed by atoms with E-state index in [1.807, 2.05) is 5.81 Å². The van der Waals surface area contributed by atoms with Crippen molar-refractivity contribution in [3.8, 4) is 11.6 Å². The number of rotatable bonds is 1. The number of thiazole rings is 1. The average Bonchev–Trinajstić information content (AvgIpc) is 2.59. The van der Waals surface area contributed by atoms with Crippen LogP contribution >= 0.6 is 19.3 Å². The van der Waals surface area contributed by atoms with Crippen molar-refractivity contribution >= 4 is 34.6 Å². The van der Waals surface area contributed by atoms with Gasteiger partial charge in [0.1, 0.15) is 0 Å². The fraction of sp³-hybridized carbons (Fsp3) is 0. The zero-order valence-corrected chi connectivity index (χ0v) is 9.24. The van der Waals surface area contributed by atoms with Crippen LogP contribution in [0.4, 0.5) is 13.9 Å². The second-order valence-corrected chi connectivity index (χ2v) is 4.11. The minimum atomic E-state index is -1.21. The van der Waals surface area contributed by atoms with Gasteiger partial charge in [0.2, 0.25) is 0 Å². The van der Waals surface area contributed by atoms with Gasteiger partial charge in [0, 0.05) is 0 Å². The van der Waals surface area contributed by atoms with E-state index in [4.69, 9.17) is 5.73 Å². The van der Waals surface area contributed by atoms with Crippen LogP contribution in [-0.4, -0.2) is 4.98 Å². The molecule has 0 saturated carbocycles. The van der Waals surface area contributed by atoms with Gasteiger partial charge in [0.25, 0.3) is 0 Å². The molecule has 0 fully saturated rings. The molecule has 0 spiro atoms. The summed E-state index contributed by atoms with van der Waals surface area (Å²) in [5, 5.41) is 0.157. The van der Waals surface area contributed by atoms with Crippen molar-refractivity contribution in [1.29, 1.82) is 0 Å². The molecule has 0 aliphatic heterocycles. The van der Waals surface area contributed by atoms with Crippen LogP contribution in [0.5, 0.6) is 5.75 Å². The van der Waals surface area contributed by atoms with Crippen molar-refractivity contribution in [1.82, 2.24) is 4.98 Å². The Kier molecular flexibility index (Phi) is 2.92. The zero-order chi connectivity index (χ0) is 11.7. The van der Waals surface area contributed by atoms with Crippen molar-refractivity contribution in [2.45, 2.75) is 0 Å². The van der Waals surface area contributed by atoms with Crippen LogP contribution in [0.1, 0.15) is 0 Å². The number of ether oxygens (including phenoxy) is 1. The molecule has 82 valence electrons. The van der Waals surface area contributed by atoms with Crippen LogP contribution in [0.3, 0.4) is 0 Å². The third-order valence-corrected chi connectivity index (χ3v) is 2.73. The van der Waals surface area contributed by atoms with Gasteiger partial charge in [0.05, 0.1) is 0 Å². The molecule has 0 atom stereocenters. The first-order chi connectivity index (χ1) is 7.63. The summed E-state index contributed by atoms with van der Waals surface area (Å²) in [4.78, 5) is 3.79. The molecule has 4 nitrogen and oxygen atoms in total. The van der Waals surface area contributed by atoms with Crippen LogP contribution in [0.25, 0.3) is 10.2 Å². The predicted molar refractivity (Wildman–Crippen MR) is 56.1 cm³/mol. The second-order valence-electron chi connectivity index (χ2n) is 2.68. The number of benzene rings is 1.